The molecule has 13 heteroatoms. The summed E-state index contributed by atoms with van der Waals surface area (Å²) in [6.45, 7) is 6.81. The minimum absolute atomic E-state index is 0.0447. The predicted molar refractivity (Wildman–Crippen MR) is 139 cm³/mol. The number of carbonyl (C=O) groups excluding carboxylic acids is 4. The molecule has 0 aliphatic carbocycles. The van der Waals surface area contributed by atoms with Crippen LogP contribution < -0.4 is 10.1 Å². The zero-order valence-electron chi connectivity index (χ0n) is 23.5. The van der Waals surface area contributed by atoms with Crippen LogP contribution >= 0.6 is 0 Å². The van der Waals surface area contributed by atoms with Gasteiger partial charge in [0.25, 0.3) is 0 Å². The van der Waals surface area contributed by atoms with E-state index in [4.69, 9.17) is 33.5 Å². The molecule has 224 valence electrons. The van der Waals surface area contributed by atoms with Crippen molar-refractivity contribution in [3.63, 3.8) is 0 Å². The normalized spacial score (nSPS) is 20.8. The first-order valence-corrected chi connectivity index (χ1v) is 12.9. The van der Waals surface area contributed by atoms with Crippen LogP contribution in [0.25, 0.3) is 0 Å². The van der Waals surface area contributed by atoms with E-state index in [0.29, 0.717) is 12.0 Å². The Morgan fingerprint density at radius 1 is 1.02 bits per heavy atom. The minimum Gasteiger partial charge on any atom is -0.463 e. The van der Waals surface area contributed by atoms with E-state index in [1.54, 1.807) is 32.0 Å². The highest BCUT2D eigenvalue weighted by Gasteiger charge is 2.45. The second-order valence-electron chi connectivity index (χ2n) is 9.89. The van der Waals surface area contributed by atoms with E-state index in [0.717, 1.165) is 0 Å². The zero-order chi connectivity index (χ0) is 29.9. The molecule has 1 saturated heterocycles. The second-order valence-corrected chi connectivity index (χ2v) is 9.89. The summed E-state index contributed by atoms with van der Waals surface area (Å²) in [5.74, 6) is -2.01. The van der Waals surface area contributed by atoms with Crippen molar-refractivity contribution in [1.29, 1.82) is 0 Å². The average Bonchev–Trinajstić information content (AvgIpc) is 2.87. The fourth-order valence-corrected chi connectivity index (χ4v) is 3.89. The lowest BCUT2D eigenvalue weighted by Gasteiger charge is -2.40. The number of ether oxygens (including phenoxy) is 6. The maximum atomic E-state index is 13.1. The number of aliphatic hydroxyl groups is 2. The molecule has 1 aromatic rings. The molecule has 4 atom stereocenters. The largest absolute Gasteiger partial charge is 0.463 e. The van der Waals surface area contributed by atoms with Crippen LogP contribution in [0.2, 0.25) is 0 Å². The van der Waals surface area contributed by atoms with Gasteiger partial charge in [-0.05, 0) is 24.1 Å². The van der Waals surface area contributed by atoms with Crippen molar-refractivity contribution in [1.82, 2.24) is 0 Å². The summed E-state index contributed by atoms with van der Waals surface area (Å²) < 4.78 is 33.1. The van der Waals surface area contributed by atoms with Crippen molar-refractivity contribution in [2.75, 3.05) is 31.7 Å². The van der Waals surface area contributed by atoms with Crippen LogP contribution in [-0.4, -0.2) is 85.1 Å². The summed E-state index contributed by atoms with van der Waals surface area (Å²) in [5, 5.41) is 21.4. The highest BCUT2D eigenvalue weighted by Crippen LogP contribution is 2.34. The van der Waals surface area contributed by atoms with E-state index in [2.05, 4.69) is 5.32 Å². The van der Waals surface area contributed by atoms with Gasteiger partial charge in [0.2, 0.25) is 12.2 Å². The van der Waals surface area contributed by atoms with Crippen LogP contribution in [0, 0.1) is 5.41 Å². The molecule has 0 spiro atoms. The van der Waals surface area contributed by atoms with Gasteiger partial charge in [-0.15, -0.1) is 0 Å². The molecular weight excluding hydrogens is 530 g/mol. The Bertz CT molecular complexity index is 1030. The molecule has 13 nitrogen and oxygen atoms in total. The van der Waals surface area contributed by atoms with E-state index < -0.39 is 47.9 Å². The van der Waals surface area contributed by atoms with Gasteiger partial charge in [0, 0.05) is 32.8 Å². The van der Waals surface area contributed by atoms with Gasteiger partial charge in [0.05, 0.1) is 31.9 Å². The van der Waals surface area contributed by atoms with Crippen molar-refractivity contribution in [3.05, 3.63) is 23.8 Å². The third kappa shape index (κ3) is 10.4. The number of rotatable bonds is 14. The molecule has 1 aliphatic rings. The fraction of sp³-hybridized carbons (Fsp3) is 0.630. The van der Waals surface area contributed by atoms with Gasteiger partial charge >= 0.3 is 17.9 Å². The number of hydrogen-bond donors (Lipinski definition) is 3. The van der Waals surface area contributed by atoms with E-state index in [1.165, 1.54) is 20.8 Å². The lowest BCUT2D eigenvalue weighted by atomic mass is 9.88. The predicted octanol–water partition coefficient (Wildman–Crippen LogP) is 1.46. The lowest BCUT2D eigenvalue weighted by molar-refractivity contribution is -0.245. The Hall–Kier alpha value is -3.26. The van der Waals surface area contributed by atoms with Crippen molar-refractivity contribution in [3.8, 4) is 5.75 Å². The highest BCUT2D eigenvalue weighted by atomic mass is 16.7. The molecule has 0 saturated carbocycles. The molecule has 1 amide bonds. The van der Waals surface area contributed by atoms with Crippen LogP contribution in [0.4, 0.5) is 5.69 Å². The molecule has 1 fully saturated rings. The van der Waals surface area contributed by atoms with E-state index in [1.807, 2.05) is 0 Å². The van der Waals surface area contributed by atoms with Crippen LogP contribution in [0.3, 0.4) is 0 Å². The van der Waals surface area contributed by atoms with Gasteiger partial charge in [0.1, 0.15) is 24.6 Å². The standard InChI is InChI=1S/C27H39NO12/c1-16(31)36-15-23-25(38-18(3)33)22(37-17(2)32)13-24(40-23)39-21-7-6-19(14-30)12-20(21)28-26(34)27(4,5)8-10-35-11-9-29/h6-7,12,22-25,29-30H,8-11,13-15H2,1-5H3,(H,28,34)/t22-,23-,24-,25-/m1/s1. The van der Waals surface area contributed by atoms with Crippen LogP contribution in [0.1, 0.15) is 53.0 Å². The van der Waals surface area contributed by atoms with Gasteiger partial charge < -0.3 is 44.0 Å². The molecule has 2 rings (SSSR count). The molecule has 0 unspecified atom stereocenters. The third-order valence-electron chi connectivity index (χ3n) is 6.01. The topological polar surface area (TPSA) is 176 Å². The highest BCUT2D eigenvalue weighted by molar-refractivity contribution is 5.96. The first-order chi connectivity index (χ1) is 18.9. The number of anilines is 1. The molecule has 40 heavy (non-hydrogen) atoms. The first kappa shape index (κ1) is 32.9. The molecule has 0 radical (unpaired) electrons. The molecule has 1 heterocycles. The van der Waals surface area contributed by atoms with E-state index in [9.17, 15) is 24.3 Å². The minimum atomic E-state index is -1.06. The molecular formula is C27H39NO12. The molecule has 0 aromatic heterocycles. The van der Waals surface area contributed by atoms with Crippen molar-refractivity contribution >= 4 is 29.5 Å². The SMILES string of the molecule is CC(=O)OC[C@H]1O[C@@H](Oc2ccc(CO)cc2NC(=O)C(C)(C)CCOCCO)C[C@@H](OC(C)=O)[C@H]1OC(C)=O. The summed E-state index contributed by atoms with van der Waals surface area (Å²) in [7, 11) is 0. The summed E-state index contributed by atoms with van der Waals surface area (Å²) >= 11 is 0. The van der Waals surface area contributed by atoms with E-state index >= 15 is 0 Å². The van der Waals surface area contributed by atoms with Gasteiger partial charge in [-0.3, -0.25) is 19.2 Å². The van der Waals surface area contributed by atoms with Gasteiger partial charge in [-0.25, -0.2) is 0 Å². The summed E-state index contributed by atoms with van der Waals surface area (Å²) in [4.78, 5) is 48.2. The fourth-order valence-electron chi connectivity index (χ4n) is 3.89. The second kappa shape index (κ2) is 15.5. The summed E-state index contributed by atoms with van der Waals surface area (Å²) in [6.07, 6.45) is -3.80. The molecule has 1 aliphatic heterocycles. The number of benzene rings is 1. The molecule has 3 N–H and O–H groups in total. The maximum absolute atomic E-state index is 13.1. The molecule has 1 aromatic carbocycles. The van der Waals surface area contributed by atoms with Crippen molar-refractivity contribution in [2.45, 2.75) is 78.7 Å². The van der Waals surface area contributed by atoms with Crippen LogP contribution in [0.5, 0.6) is 5.75 Å². The number of aliphatic hydroxyl groups excluding tert-OH is 2. The molecule has 0 bridgehead atoms. The van der Waals surface area contributed by atoms with E-state index in [-0.39, 0.29) is 56.8 Å². The third-order valence-corrected chi connectivity index (χ3v) is 6.01. The average molecular weight is 570 g/mol. The number of nitrogens with one attached hydrogen (secondary N) is 1. The van der Waals surface area contributed by atoms with Gasteiger partial charge in [-0.2, -0.15) is 0 Å². The summed E-state index contributed by atoms with van der Waals surface area (Å²) in [5.41, 5.74) is -0.0836. The number of carbonyl (C=O) groups is 4. The van der Waals surface area contributed by atoms with Crippen LogP contribution in [0.15, 0.2) is 18.2 Å². The zero-order valence-corrected chi connectivity index (χ0v) is 23.5. The Balaban J connectivity index is 2.29. The van der Waals surface area contributed by atoms with Gasteiger partial charge in [0.15, 0.2) is 6.10 Å². The van der Waals surface area contributed by atoms with Crippen molar-refractivity contribution in [2.24, 2.45) is 5.41 Å². The lowest BCUT2D eigenvalue weighted by Crippen LogP contribution is -2.54. The maximum Gasteiger partial charge on any atom is 0.303 e. The Morgan fingerprint density at radius 3 is 2.33 bits per heavy atom. The van der Waals surface area contributed by atoms with Crippen LogP contribution in [-0.2, 0) is 49.5 Å². The smallest absolute Gasteiger partial charge is 0.303 e. The number of esters is 3. The Morgan fingerprint density at radius 2 is 1.73 bits per heavy atom. The van der Waals surface area contributed by atoms with Crippen molar-refractivity contribution < 1.29 is 57.8 Å². The Kier molecular flexibility index (Phi) is 12.8. The quantitative estimate of drug-likeness (QED) is 0.167. The number of hydrogen-bond acceptors (Lipinski definition) is 12. The van der Waals surface area contributed by atoms with Gasteiger partial charge in [-0.1, -0.05) is 19.9 Å². The first-order valence-electron chi connectivity index (χ1n) is 12.9. The summed E-state index contributed by atoms with van der Waals surface area (Å²) in [6, 6.07) is 4.70. The number of amides is 1. The monoisotopic (exact) mass is 569 g/mol. The Labute approximate surface area is 233 Å².